The van der Waals surface area contributed by atoms with Crippen molar-refractivity contribution in [1.82, 2.24) is 9.21 Å². The first-order valence-corrected chi connectivity index (χ1v) is 13.0. The molecule has 0 aromatic heterocycles. The molecule has 1 aromatic carbocycles. The molecule has 214 valence electrons. The first-order chi connectivity index (χ1) is 17.9. The molecule has 3 amide bonds. The third-order valence-corrected chi connectivity index (χ3v) is 10.2. The third kappa shape index (κ3) is 3.75. The predicted molar refractivity (Wildman–Crippen MR) is 114 cm³/mol. The van der Waals surface area contributed by atoms with E-state index in [1.165, 1.54) is 12.1 Å². The Morgan fingerprint density at radius 3 is 1.92 bits per heavy atom. The summed E-state index contributed by atoms with van der Waals surface area (Å²) in [7, 11) is -2.31. The summed E-state index contributed by atoms with van der Waals surface area (Å²) in [6.07, 6.45) is -22.3. The van der Waals surface area contributed by atoms with Crippen LogP contribution in [0.3, 0.4) is 0 Å². The zero-order valence-corrected chi connectivity index (χ0v) is 20.4. The number of fused-ring (bicyclic) bond motifs is 2. The largest absolute Gasteiger partial charge is 0.412 e. The average molecular weight is 590 g/mol. The van der Waals surface area contributed by atoms with E-state index < -0.39 is 87.7 Å². The van der Waals surface area contributed by atoms with Gasteiger partial charge in [0.1, 0.15) is 17.0 Å². The molecule has 1 saturated heterocycles. The number of hydrogen-bond donors (Lipinski definition) is 0. The van der Waals surface area contributed by atoms with Crippen LogP contribution in [0.4, 0.5) is 39.5 Å². The minimum absolute atomic E-state index is 0.0278. The average Bonchev–Trinajstić information content (AvgIpc) is 3.49. The maximum atomic E-state index is 13.9. The van der Waals surface area contributed by atoms with E-state index in [-0.39, 0.29) is 23.0 Å². The van der Waals surface area contributed by atoms with E-state index in [1.807, 2.05) is 0 Å². The van der Waals surface area contributed by atoms with Crippen molar-refractivity contribution >= 4 is 28.7 Å². The van der Waals surface area contributed by atoms with E-state index in [1.54, 1.807) is 0 Å². The summed E-state index contributed by atoms with van der Waals surface area (Å²) >= 11 is 0. The Hall–Kier alpha value is -2.65. The molecule has 1 aromatic rings. The van der Waals surface area contributed by atoms with Crippen LogP contribution in [0, 0.1) is 16.7 Å². The quantitative estimate of drug-likeness (QED) is 0.374. The Morgan fingerprint density at radius 2 is 1.46 bits per heavy atom. The first kappa shape index (κ1) is 27.9. The highest BCUT2D eigenvalue weighted by Gasteiger charge is 2.84. The maximum absolute atomic E-state index is 13.9. The summed E-state index contributed by atoms with van der Waals surface area (Å²) in [5.74, 6) is -5.00. The minimum atomic E-state index is -7.03. The van der Waals surface area contributed by atoms with Crippen molar-refractivity contribution in [2.24, 2.45) is 16.7 Å². The smallest absolute Gasteiger partial charge is 0.271 e. The van der Waals surface area contributed by atoms with Crippen LogP contribution in [0.15, 0.2) is 24.3 Å². The molecule has 4 unspecified atom stereocenters. The van der Waals surface area contributed by atoms with Gasteiger partial charge in [-0.15, -0.1) is 0 Å². The summed E-state index contributed by atoms with van der Waals surface area (Å²) < 4.78 is 139. The van der Waals surface area contributed by atoms with Crippen LogP contribution in [0.2, 0.25) is 0 Å². The molecule has 16 heteroatoms. The SMILES string of the molecule is O=C1c2ccccc2C(=O)N1[C@@H](CC(C(F)(F)F)(C(F)(F)F)C(F)(F)F)C(=O)N1C2CC3CCC2(C3)CS1=O. The molecule has 3 fully saturated rings. The second kappa shape index (κ2) is 8.43. The van der Waals surface area contributed by atoms with Crippen molar-refractivity contribution in [1.29, 1.82) is 0 Å². The van der Waals surface area contributed by atoms with Crippen molar-refractivity contribution in [3.8, 4) is 0 Å². The second-order valence-electron chi connectivity index (χ2n) is 10.5. The molecule has 0 radical (unpaired) electrons. The van der Waals surface area contributed by atoms with Crippen LogP contribution in [-0.4, -0.2) is 67.5 Å². The van der Waals surface area contributed by atoms with Crippen LogP contribution in [-0.2, 0) is 15.8 Å². The molecule has 2 saturated carbocycles. The number of nitrogens with zero attached hydrogens (tertiary/aromatic N) is 2. The lowest BCUT2D eigenvalue weighted by atomic mass is 9.77. The van der Waals surface area contributed by atoms with Gasteiger partial charge in [0.15, 0.2) is 0 Å². The zero-order valence-electron chi connectivity index (χ0n) is 19.6. The van der Waals surface area contributed by atoms with Gasteiger partial charge in [-0.05, 0) is 43.7 Å². The highest BCUT2D eigenvalue weighted by Crippen LogP contribution is 2.63. The van der Waals surface area contributed by atoms with E-state index in [0.717, 1.165) is 12.1 Å². The van der Waals surface area contributed by atoms with Gasteiger partial charge < -0.3 is 0 Å². The molecule has 2 aliphatic carbocycles. The normalized spacial score (nSPS) is 29.7. The summed E-state index contributed by atoms with van der Waals surface area (Å²) in [6.45, 7) is 0. The number of rotatable bonds is 4. The first-order valence-electron chi connectivity index (χ1n) is 11.7. The Morgan fingerprint density at radius 1 is 0.949 bits per heavy atom. The number of benzene rings is 1. The number of amides is 3. The number of carbonyl (C=O) groups excluding carboxylic acids is 3. The highest BCUT2D eigenvalue weighted by atomic mass is 32.2. The van der Waals surface area contributed by atoms with E-state index in [2.05, 4.69) is 0 Å². The predicted octanol–water partition coefficient (Wildman–Crippen LogP) is 4.78. The van der Waals surface area contributed by atoms with Crippen LogP contribution < -0.4 is 0 Å². The van der Waals surface area contributed by atoms with Gasteiger partial charge in [0.2, 0.25) is 0 Å². The van der Waals surface area contributed by atoms with Gasteiger partial charge in [-0.3, -0.25) is 23.6 Å². The standard InChI is InChI=1S/C23H19F9N2O4S/c24-21(25,26)20(22(27,28)29,23(30,31)32)9-14(33-16(35)12-3-1-2-4-13(12)17(33)36)18(37)34-15-7-11-5-6-19(15,8-11)10-39(34)38/h1-4,11,14-15H,5-10H2/t11?,14-,15?,19?,39?/m0/s1. The molecule has 5 rings (SSSR count). The van der Waals surface area contributed by atoms with Gasteiger partial charge in [0, 0.05) is 11.8 Å². The highest BCUT2D eigenvalue weighted by molar-refractivity contribution is 7.83. The van der Waals surface area contributed by atoms with Crippen LogP contribution >= 0.6 is 0 Å². The molecular weight excluding hydrogens is 571 g/mol. The van der Waals surface area contributed by atoms with Gasteiger partial charge in [-0.25, -0.2) is 4.21 Å². The number of halogens is 9. The summed E-state index contributed by atoms with van der Waals surface area (Å²) in [5, 5.41) is 0. The van der Waals surface area contributed by atoms with E-state index in [0.29, 0.717) is 23.6 Å². The maximum Gasteiger partial charge on any atom is 0.412 e. The van der Waals surface area contributed by atoms with Crippen molar-refractivity contribution in [3.63, 3.8) is 0 Å². The van der Waals surface area contributed by atoms with Crippen molar-refractivity contribution in [2.75, 3.05) is 5.75 Å². The Kier molecular flexibility index (Phi) is 6.03. The summed E-state index contributed by atoms with van der Waals surface area (Å²) in [6, 6.07) is 0.315. The Balaban J connectivity index is 1.66. The van der Waals surface area contributed by atoms with E-state index in [4.69, 9.17) is 0 Å². The van der Waals surface area contributed by atoms with Crippen LogP contribution in [0.25, 0.3) is 0 Å². The molecule has 2 aliphatic heterocycles. The number of imide groups is 1. The molecule has 2 bridgehead atoms. The van der Waals surface area contributed by atoms with E-state index >= 15 is 0 Å². The zero-order chi connectivity index (χ0) is 28.9. The molecule has 4 aliphatic rings. The molecule has 2 heterocycles. The van der Waals surface area contributed by atoms with Gasteiger partial charge in [0.25, 0.3) is 23.1 Å². The van der Waals surface area contributed by atoms with Crippen molar-refractivity contribution < 1.29 is 58.1 Å². The lowest BCUT2D eigenvalue weighted by molar-refractivity contribution is -0.430. The van der Waals surface area contributed by atoms with Crippen LogP contribution in [0.5, 0.6) is 0 Å². The lowest BCUT2D eigenvalue weighted by Gasteiger charge is -2.42. The Labute approximate surface area is 217 Å². The van der Waals surface area contributed by atoms with Gasteiger partial charge in [0.05, 0.1) is 22.9 Å². The van der Waals surface area contributed by atoms with Crippen LogP contribution in [0.1, 0.15) is 52.8 Å². The summed E-state index contributed by atoms with van der Waals surface area (Å²) in [4.78, 5) is 39.6. The fourth-order valence-corrected chi connectivity index (χ4v) is 8.67. The Bertz CT molecular complexity index is 1210. The van der Waals surface area contributed by atoms with Crippen molar-refractivity contribution in [2.45, 2.75) is 62.7 Å². The monoisotopic (exact) mass is 590 g/mol. The molecule has 5 atom stereocenters. The number of carbonyl (C=O) groups is 3. The molecule has 39 heavy (non-hydrogen) atoms. The number of alkyl halides is 9. The van der Waals surface area contributed by atoms with Gasteiger partial charge in [-0.2, -0.15) is 39.5 Å². The van der Waals surface area contributed by atoms with Gasteiger partial charge >= 0.3 is 18.5 Å². The number of hydrogen-bond acceptors (Lipinski definition) is 4. The lowest BCUT2D eigenvalue weighted by Crippen LogP contribution is -2.64. The fraction of sp³-hybridized carbons (Fsp3) is 0.609. The van der Waals surface area contributed by atoms with Crippen molar-refractivity contribution in [3.05, 3.63) is 35.4 Å². The second-order valence-corrected chi connectivity index (χ2v) is 11.8. The van der Waals surface area contributed by atoms with E-state index in [9.17, 15) is 58.1 Å². The molecule has 1 spiro atoms. The third-order valence-electron chi connectivity index (χ3n) is 8.51. The minimum Gasteiger partial charge on any atom is -0.271 e. The van der Waals surface area contributed by atoms with Gasteiger partial charge in [-0.1, -0.05) is 12.1 Å². The molecule has 0 N–H and O–H groups in total. The molecule has 6 nitrogen and oxygen atoms in total. The molecular formula is C23H19F9N2O4S. The topological polar surface area (TPSA) is 74.8 Å². The fourth-order valence-electron chi connectivity index (χ4n) is 6.67. The summed E-state index contributed by atoms with van der Waals surface area (Å²) in [5.41, 5.74) is -8.23.